The van der Waals surface area contributed by atoms with E-state index in [-0.39, 0.29) is 0 Å². The molecule has 0 amide bonds. The molecule has 4 rings (SSSR count). The van der Waals surface area contributed by atoms with Gasteiger partial charge in [0.25, 0.3) is 5.82 Å². The molecule has 0 radical (unpaired) electrons. The summed E-state index contributed by atoms with van der Waals surface area (Å²) >= 11 is 0. The van der Waals surface area contributed by atoms with Crippen LogP contribution in [0.15, 0.2) is 66.7 Å². The number of imidazole rings is 1. The number of rotatable bonds is 2. The predicted octanol–water partition coefficient (Wildman–Crippen LogP) is 5.05. The van der Waals surface area contributed by atoms with Gasteiger partial charge in [-0.3, -0.25) is 0 Å². The minimum Gasteiger partial charge on any atom is -0.225 e. The van der Waals surface area contributed by atoms with Gasteiger partial charge >= 0.3 is 0 Å². The van der Waals surface area contributed by atoms with E-state index < -0.39 is 0 Å². The molecule has 0 N–H and O–H groups in total. The number of nitrogens with zero attached hydrogens (tertiary/aromatic N) is 2. The van der Waals surface area contributed by atoms with Gasteiger partial charge in [-0.2, -0.15) is 4.57 Å². The second-order valence-electron chi connectivity index (χ2n) is 6.80. The first kappa shape index (κ1) is 15.6. The van der Waals surface area contributed by atoms with Crippen LogP contribution >= 0.6 is 0 Å². The highest BCUT2D eigenvalue weighted by Crippen LogP contribution is 2.30. The van der Waals surface area contributed by atoms with Crippen molar-refractivity contribution >= 4 is 11.0 Å². The fourth-order valence-corrected chi connectivity index (χ4v) is 3.73. The van der Waals surface area contributed by atoms with Crippen LogP contribution < -0.4 is 4.57 Å². The number of hydrogen-bond donors (Lipinski definition) is 0. The van der Waals surface area contributed by atoms with Crippen molar-refractivity contribution in [2.75, 3.05) is 0 Å². The van der Waals surface area contributed by atoms with E-state index in [0.717, 1.165) is 0 Å². The van der Waals surface area contributed by atoms with Crippen molar-refractivity contribution in [3.8, 4) is 17.1 Å². The number of hydrogen-bond acceptors (Lipinski definition) is 0. The van der Waals surface area contributed by atoms with E-state index >= 15 is 0 Å². The molecule has 1 aromatic heterocycles. The normalized spacial score (nSPS) is 11.2. The summed E-state index contributed by atoms with van der Waals surface area (Å²) in [7, 11) is 2.16. The molecule has 2 heteroatoms. The Balaban J connectivity index is 2.17. The van der Waals surface area contributed by atoms with E-state index in [4.69, 9.17) is 0 Å². The Bertz CT molecular complexity index is 1070. The topological polar surface area (TPSA) is 8.81 Å². The molecule has 0 unspecified atom stereocenters. The van der Waals surface area contributed by atoms with Crippen molar-refractivity contribution in [3.63, 3.8) is 0 Å². The summed E-state index contributed by atoms with van der Waals surface area (Å²) in [6.45, 7) is 6.59. The van der Waals surface area contributed by atoms with Gasteiger partial charge in [0.05, 0.1) is 12.6 Å². The summed E-state index contributed by atoms with van der Waals surface area (Å²) in [6, 6.07) is 23.8. The fourth-order valence-electron chi connectivity index (χ4n) is 3.73. The molecular formula is C23H23N2+. The Hall–Kier alpha value is -2.87. The highest BCUT2D eigenvalue weighted by atomic mass is 15.2. The van der Waals surface area contributed by atoms with Gasteiger partial charge in [0.15, 0.2) is 11.0 Å². The van der Waals surface area contributed by atoms with Gasteiger partial charge in [-0.15, -0.1) is 0 Å². The highest BCUT2D eigenvalue weighted by Gasteiger charge is 2.27. The third-order valence-electron chi connectivity index (χ3n) is 5.08. The molecule has 0 aliphatic heterocycles. The molecule has 0 saturated carbocycles. The van der Waals surface area contributed by atoms with E-state index in [0.29, 0.717) is 0 Å². The molecule has 0 aliphatic rings. The first-order valence-corrected chi connectivity index (χ1v) is 8.71. The van der Waals surface area contributed by atoms with Crippen LogP contribution in [0, 0.1) is 20.8 Å². The fraction of sp³-hybridized carbons (Fsp3) is 0.174. The molecule has 25 heavy (non-hydrogen) atoms. The SMILES string of the molecule is Cc1cc(C)c(C)c(-c2n(-c3ccccc3)c3ccccc3[n+]2C)c1. The van der Waals surface area contributed by atoms with Crippen molar-refractivity contribution in [2.24, 2.45) is 7.05 Å². The largest absolute Gasteiger partial charge is 0.295 e. The lowest BCUT2D eigenvalue weighted by Crippen LogP contribution is -2.30. The Morgan fingerprint density at radius 1 is 0.800 bits per heavy atom. The van der Waals surface area contributed by atoms with Gasteiger partial charge in [-0.25, -0.2) is 4.57 Å². The number of para-hydroxylation sites is 3. The van der Waals surface area contributed by atoms with Crippen molar-refractivity contribution in [3.05, 3.63) is 83.4 Å². The van der Waals surface area contributed by atoms with Gasteiger partial charge in [-0.1, -0.05) is 36.4 Å². The number of aryl methyl sites for hydroxylation is 3. The van der Waals surface area contributed by atoms with Crippen LogP contribution in [0.1, 0.15) is 16.7 Å². The van der Waals surface area contributed by atoms with E-state index in [9.17, 15) is 0 Å². The van der Waals surface area contributed by atoms with Gasteiger partial charge in [0.1, 0.15) is 5.69 Å². The van der Waals surface area contributed by atoms with Gasteiger partial charge < -0.3 is 0 Å². The average molecular weight is 327 g/mol. The Morgan fingerprint density at radius 3 is 2.24 bits per heavy atom. The maximum Gasteiger partial charge on any atom is 0.295 e. The molecule has 2 nitrogen and oxygen atoms in total. The summed E-state index contributed by atoms with van der Waals surface area (Å²) in [5.41, 5.74) is 8.90. The lowest BCUT2D eigenvalue weighted by molar-refractivity contribution is -0.633. The summed E-state index contributed by atoms with van der Waals surface area (Å²) in [5.74, 6) is 1.22. The number of benzene rings is 3. The number of aromatic nitrogens is 2. The molecule has 1 heterocycles. The van der Waals surface area contributed by atoms with Gasteiger partial charge in [0.2, 0.25) is 0 Å². The first-order valence-electron chi connectivity index (χ1n) is 8.71. The molecular weight excluding hydrogens is 304 g/mol. The maximum atomic E-state index is 2.37. The molecule has 0 bridgehead atoms. The van der Waals surface area contributed by atoms with Crippen LogP contribution in [0.3, 0.4) is 0 Å². The van der Waals surface area contributed by atoms with Gasteiger partial charge in [0, 0.05) is 0 Å². The van der Waals surface area contributed by atoms with Crippen molar-refractivity contribution in [1.82, 2.24) is 4.57 Å². The Labute approximate surface area is 149 Å². The van der Waals surface area contributed by atoms with E-state index in [2.05, 4.69) is 104 Å². The Kier molecular flexibility index (Phi) is 3.69. The van der Waals surface area contributed by atoms with Crippen molar-refractivity contribution < 1.29 is 4.57 Å². The zero-order valence-electron chi connectivity index (χ0n) is 15.2. The molecule has 4 aromatic rings. The smallest absolute Gasteiger partial charge is 0.225 e. The van der Waals surface area contributed by atoms with E-state index in [1.807, 2.05) is 0 Å². The minimum absolute atomic E-state index is 1.19. The van der Waals surface area contributed by atoms with Crippen LogP contribution in [0.5, 0.6) is 0 Å². The lowest BCUT2D eigenvalue weighted by Gasteiger charge is -2.10. The van der Waals surface area contributed by atoms with E-state index in [1.54, 1.807) is 0 Å². The average Bonchev–Trinajstić information content (AvgIpc) is 2.92. The van der Waals surface area contributed by atoms with Crippen LogP contribution in [0.25, 0.3) is 28.1 Å². The van der Waals surface area contributed by atoms with E-state index in [1.165, 1.54) is 44.8 Å². The maximum absolute atomic E-state index is 2.37. The van der Waals surface area contributed by atoms with Crippen LogP contribution in [-0.4, -0.2) is 4.57 Å². The highest BCUT2D eigenvalue weighted by molar-refractivity contribution is 5.80. The molecule has 3 aromatic carbocycles. The zero-order valence-corrected chi connectivity index (χ0v) is 15.2. The third kappa shape index (κ3) is 2.45. The molecule has 0 aliphatic carbocycles. The molecule has 0 fully saturated rings. The third-order valence-corrected chi connectivity index (χ3v) is 5.08. The molecule has 0 saturated heterocycles. The zero-order chi connectivity index (χ0) is 17.6. The first-order chi connectivity index (χ1) is 12.1. The molecule has 0 atom stereocenters. The van der Waals surface area contributed by atoms with Crippen LogP contribution in [-0.2, 0) is 7.05 Å². The summed E-state index contributed by atoms with van der Waals surface area (Å²) in [4.78, 5) is 0. The summed E-state index contributed by atoms with van der Waals surface area (Å²) in [5, 5.41) is 0. The van der Waals surface area contributed by atoms with Crippen LogP contribution in [0.2, 0.25) is 0 Å². The summed E-state index contributed by atoms with van der Waals surface area (Å²) < 4.78 is 4.68. The second kappa shape index (κ2) is 5.89. The van der Waals surface area contributed by atoms with Gasteiger partial charge in [-0.05, 0) is 67.8 Å². The lowest BCUT2D eigenvalue weighted by atomic mass is 9.99. The van der Waals surface area contributed by atoms with Crippen molar-refractivity contribution in [1.29, 1.82) is 0 Å². The number of fused-ring (bicyclic) bond motifs is 1. The quantitative estimate of drug-likeness (QED) is 0.456. The predicted molar refractivity (Wildman–Crippen MR) is 104 cm³/mol. The van der Waals surface area contributed by atoms with Crippen LogP contribution in [0.4, 0.5) is 0 Å². The second-order valence-corrected chi connectivity index (χ2v) is 6.80. The summed E-state index contributed by atoms with van der Waals surface area (Å²) in [6.07, 6.45) is 0. The Morgan fingerprint density at radius 2 is 1.48 bits per heavy atom. The molecule has 0 spiro atoms. The standard InChI is InChI=1S/C23H23N2/c1-16-14-17(2)18(3)20(15-16)23-24(4)21-12-8-9-13-22(21)25(23)19-10-6-5-7-11-19/h5-15H,1-4H3/q+1. The monoisotopic (exact) mass is 327 g/mol. The molecule has 124 valence electrons. The van der Waals surface area contributed by atoms with Crippen molar-refractivity contribution in [2.45, 2.75) is 20.8 Å². The minimum atomic E-state index is 1.19.